The average molecular weight is 673 g/mol. The summed E-state index contributed by atoms with van der Waals surface area (Å²) in [6.07, 6.45) is 12.6. The maximum Gasteiger partial charge on any atom is 0.309 e. The van der Waals surface area contributed by atoms with Gasteiger partial charge in [0.1, 0.15) is 21.8 Å². The number of thiocarbonyl (C=S) groups is 1. The third kappa shape index (κ3) is 9.91. The van der Waals surface area contributed by atoms with E-state index >= 15 is 0 Å². The fourth-order valence-corrected chi connectivity index (χ4v) is 7.32. The molecule has 12 heteroatoms. The van der Waals surface area contributed by atoms with E-state index in [1.807, 2.05) is 6.92 Å². The van der Waals surface area contributed by atoms with Crippen molar-refractivity contribution in [1.82, 2.24) is 9.47 Å². The molecular formula is C34H48N4O6S2. The third-order valence-corrected chi connectivity index (χ3v) is 10.0. The van der Waals surface area contributed by atoms with Crippen molar-refractivity contribution in [2.75, 3.05) is 31.1 Å². The van der Waals surface area contributed by atoms with Gasteiger partial charge in [0.15, 0.2) is 0 Å². The highest BCUT2D eigenvalue weighted by Gasteiger charge is 2.34. The summed E-state index contributed by atoms with van der Waals surface area (Å²) in [6.45, 7) is 8.02. The minimum absolute atomic E-state index is 0.0740. The van der Waals surface area contributed by atoms with Crippen LogP contribution in [0.1, 0.15) is 114 Å². The van der Waals surface area contributed by atoms with Crippen LogP contribution in [0.4, 0.5) is 5.82 Å². The van der Waals surface area contributed by atoms with Crippen molar-refractivity contribution in [3.05, 3.63) is 31.9 Å². The van der Waals surface area contributed by atoms with Crippen molar-refractivity contribution in [2.45, 2.75) is 111 Å². The van der Waals surface area contributed by atoms with E-state index in [4.69, 9.17) is 22.1 Å². The molecule has 0 aliphatic carbocycles. The van der Waals surface area contributed by atoms with Gasteiger partial charge in [0.2, 0.25) is 0 Å². The fourth-order valence-electron chi connectivity index (χ4n) is 6.03. The Balaban J connectivity index is 1.77. The van der Waals surface area contributed by atoms with Gasteiger partial charge in [0.05, 0.1) is 17.4 Å². The number of amides is 1. The molecular weight excluding hydrogens is 625 g/mol. The van der Waals surface area contributed by atoms with E-state index < -0.39 is 5.97 Å². The minimum Gasteiger partial charge on any atom is -0.481 e. The zero-order valence-corrected chi connectivity index (χ0v) is 29.1. The maximum atomic E-state index is 13.6. The normalized spacial score (nSPS) is 16.3. The second kappa shape index (κ2) is 18.8. The van der Waals surface area contributed by atoms with Crippen molar-refractivity contribution >= 4 is 58.0 Å². The molecule has 0 unspecified atom stereocenters. The molecule has 2 saturated heterocycles. The van der Waals surface area contributed by atoms with Gasteiger partial charge in [-0.05, 0) is 57.6 Å². The van der Waals surface area contributed by atoms with Crippen LogP contribution in [0.5, 0.6) is 0 Å². The number of nitrogens with zero attached hydrogens (tertiary/aromatic N) is 4. The first-order valence-corrected chi connectivity index (χ1v) is 17.9. The number of aliphatic carboxylic acids is 1. The molecule has 3 rings (SSSR count). The standard InChI is InChI=1S/C34H48N4O6S2/c1-4-6-18-37-30(36-20-16-25(17-21-36)33(43)44-5-2)26(24(3)27(23-35)31(37)41)22-28-32(42)38(34(45)46-28)19-14-12-10-8-7-9-11-13-15-29(39)40/h22,25H,4-21H2,1-3H3,(H,39,40)/b28-22-. The van der Waals surface area contributed by atoms with Gasteiger partial charge in [-0.3, -0.25) is 28.6 Å². The van der Waals surface area contributed by atoms with Crippen LogP contribution in [0.3, 0.4) is 0 Å². The molecule has 0 saturated carbocycles. The number of carboxylic acids is 1. The van der Waals surface area contributed by atoms with Crippen LogP contribution in [0, 0.1) is 24.2 Å². The lowest BCUT2D eigenvalue weighted by molar-refractivity contribution is -0.148. The van der Waals surface area contributed by atoms with Crippen molar-refractivity contribution < 1.29 is 24.2 Å². The Labute approximate surface area is 282 Å². The molecule has 2 aliphatic heterocycles. The molecule has 1 N–H and O–H groups in total. The van der Waals surface area contributed by atoms with Crippen LogP contribution in [-0.4, -0.2) is 63.0 Å². The van der Waals surface area contributed by atoms with Gasteiger partial charge >= 0.3 is 11.9 Å². The molecule has 0 radical (unpaired) electrons. The number of piperidine rings is 1. The zero-order chi connectivity index (χ0) is 33.6. The summed E-state index contributed by atoms with van der Waals surface area (Å²) in [5.41, 5.74) is 0.951. The molecule has 3 heterocycles. The topological polar surface area (TPSA) is 133 Å². The van der Waals surface area contributed by atoms with Gasteiger partial charge < -0.3 is 14.7 Å². The summed E-state index contributed by atoms with van der Waals surface area (Å²) in [4.78, 5) is 54.5. The smallest absolute Gasteiger partial charge is 0.309 e. The van der Waals surface area contributed by atoms with Crippen molar-refractivity contribution in [1.29, 1.82) is 5.26 Å². The monoisotopic (exact) mass is 672 g/mol. The van der Waals surface area contributed by atoms with Crippen LogP contribution in [0.25, 0.3) is 6.08 Å². The Morgan fingerprint density at radius 2 is 1.65 bits per heavy atom. The predicted octanol–water partition coefficient (Wildman–Crippen LogP) is 6.40. The number of nitriles is 1. The minimum atomic E-state index is -0.739. The van der Waals surface area contributed by atoms with Gasteiger partial charge in [-0.2, -0.15) is 5.26 Å². The Hall–Kier alpha value is -3.17. The number of carboxylic acid groups (broad SMARTS) is 1. The van der Waals surface area contributed by atoms with Crippen LogP contribution >= 0.6 is 24.0 Å². The van der Waals surface area contributed by atoms with E-state index in [1.165, 1.54) is 11.8 Å². The van der Waals surface area contributed by atoms with E-state index in [1.54, 1.807) is 29.4 Å². The van der Waals surface area contributed by atoms with Gasteiger partial charge in [-0.25, -0.2) is 0 Å². The average Bonchev–Trinajstić information content (AvgIpc) is 3.30. The second-order valence-corrected chi connectivity index (χ2v) is 13.7. The molecule has 1 aromatic rings. The Bertz CT molecular complexity index is 1390. The molecule has 252 valence electrons. The molecule has 0 spiro atoms. The number of hydrogen-bond donors (Lipinski definition) is 1. The Morgan fingerprint density at radius 1 is 1.02 bits per heavy atom. The number of esters is 1. The number of aromatic nitrogens is 1. The van der Waals surface area contributed by atoms with E-state index in [0.29, 0.717) is 71.8 Å². The van der Waals surface area contributed by atoms with Crippen LogP contribution in [-0.2, 0) is 25.7 Å². The van der Waals surface area contributed by atoms with E-state index in [0.717, 1.165) is 64.2 Å². The fraction of sp³-hybridized carbons (Fsp3) is 0.647. The molecule has 2 aliphatic rings. The van der Waals surface area contributed by atoms with Gasteiger partial charge in [-0.15, -0.1) is 0 Å². The van der Waals surface area contributed by atoms with E-state index in [-0.39, 0.29) is 35.3 Å². The Kier molecular flexibility index (Phi) is 15.3. The summed E-state index contributed by atoms with van der Waals surface area (Å²) < 4.78 is 7.43. The highest BCUT2D eigenvalue weighted by atomic mass is 32.2. The molecule has 0 bridgehead atoms. The first-order valence-electron chi connectivity index (χ1n) is 16.7. The van der Waals surface area contributed by atoms with Gasteiger partial charge in [0, 0.05) is 38.2 Å². The summed E-state index contributed by atoms with van der Waals surface area (Å²) in [6, 6.07) is 2.11. The quantitative estimate of drug-likeness (QED) is 0.0808. The highest BCUT2D eigenvalue weighted by Crippen LogP contribution is 2.37. The number of pyridine rings is 1. The van der Waals surface area contributed by atoms with Crippen LogP contribution in [0.15, 0.2) is 9.70 Å². The molecule has 0 aromatic carbocycles. The predicted molar refractivity (Wildman–Crippen MR) is 186 cm³/mol. The number of thioether (sulfide) groups is 1. The molecule has 1 amide bonds. The lowest BCUT2D eigenvalue weighted by atomic mass is 9.95. The second-order valence-electron chi connectivity index (χ2n) is 12.0. The zero-order valence-electron chi connectivity index (χ0n) is 27.5. The third-order valence-electron chi connectivity index (χ3n) is 8.67. The number of carbonyl (C=O) groups is 3. The largest absolute Gasteiger partial charge is 0.481 e. The number of unbranched alkanes of at least 4 members (excludes halogenated alkanes) is 8. The van der Waals surface area contributed by atoms with E-state index in [9.17, 15) is 24.4 Å². The lowest BCUT2D eigenvalue weighted by Crippen LogP contribution is -2.41. The van der Waals surface area contributed by atoms with Crippen LogP contribution in [0.2, 0.25) is 0 Å². The first-order chi connectivity index (χ1) is 22.1. The Morgan fingerprint density at radius 3 is 2.24 bits per heavy atom. The summed E-state index contributed by atoms with van der Waals surface area (Å²) in [5, 5.41) is 18.7. The number of rotatable bonds is 18. The molecule has 1 aromatic heterocycles. The number of anilines is 1. The number of hydrogen-bond acceptors (Lipinski definition) is 9. The summed E-state index contributed by atoms with van der Waals surface area (Å²) >= 11 is 6.87. The lowest BCUT2D eigenvalue weighted by Gasteiger charge is -2.35. The first kappa shape index (κ1) is 37.3. The maximum absolute atomic E-state index is 13.6. The summed E-state index contributed by atoms with van der Waals surface area (Å²) in [5.74, 6) is -0.611. The van der Waals surface area contributed by atoms with Crippen molar-refractivity contribution in [2.24, 2.45) is 5.92 Å². The highest BCUT2D eigenvalue weighted by molar-refractivity contribution is 8.26. The molecule has 0 atom stereocenters. The molecule has 10 nitrogen and oxygen atoms in total. The molecule has 2 fully saturated rings. The van der Waals surface area contributed by atoms with E-state index in [2.05, 4.69) is 11.0 Å². The summed E-state index contributed by atoms with van der Waals surface area (Å²) in [7, 11) is 0. The van der Waals surface area contributed by atoms with Crippen molar-refractivity contribution in [3.8, 4) is 6.07 Å². The number of ether oxygens (including phenoxy) is 1. The SMILES string of the molecule is CCCCn1c(N2CCC(C(=O)OCC)CC2)c(/C=C2\SC(=S)N(CCCCCCCCCCC(=O)O)C2=O)c(C)c(C#N)c1=O. The van der Waals surface area contributed by atoms with Crippen LogP contribution < -0.4 is 10.5 Å². The van der Waals surface area contributed by atoms with Gasteiger partial charge in [0.25, 0.3) is 11.5 Å². The molecule has 46 heavy (non-hydrogen) atoms. The van der Waals surface area contributed by atoms with Crippen molar-refractivity contribution in [3.63, 3.8) is 0 Å². The van der Waals surface area contributed by atoms with Gasteiger partial charge in [-0.1, -0.05) is 75.8 Å². The number of carbonyl (C=O) groups excluding carboxylic acids is 2.